The zero-order chi connectivity index (χ0) is 24.2. The van der Waals surface area contributed by atoms with Crippen molar-refractivity contribution in [2.45, 2.75) is 32.7 Å². The maximum atomic E-state index is 5.59. The number of H-pyrrole nitrogens is 1. The summed E-state index contributed by atoms with van der Waals surface area (Å²) < 4.78 is 13.2. The summed E-state index contributed by atoms with van der Waals surface area (Å²) in [5.74, 6) is 2.29. The van der Waals surface area contributed by atoms with Crippen LogP contribution in [0.25, 0.3) is 33.5 Å². The second-order valence-corrected chi connectivity index (χ2v) is 8.07. The highest BCUT2D eigenvalue weighted by molar-refractivity contribution is 5.86. The molecule has 0 spiro atoms. The Morgan fingerprint density at radius 2 is 1.57 bits per heavy atom. The molecule has 3 heterocycles. The SMILES string of the molecule is CCCCc1nc2c(OC)nnc(OC)c2n1Cc1ccccc1-c1ccccc1-c1nn[nH]n1. The molecule has 5 rings (SSSR count). The molecule has 3 aromatic heterocycles. The van der Waals surface area contributed by atoms with Crippen molar-refractivity contribution < 1.29 is 9.47 Å². The van der Waals surface area contributed by atoms with Crippen LogP contribution in [0, 0.1) is 0 Å². The third kappa shape index (κ3) is 4.18. The predicted molar refractivity (Wildman–Crippen MR) is 131 cm³/mol. The third-order valence-electron chi connectivity index (χ3n) is 5.97. The number of tetrazole rings is 1. The van der Waals surface area contributed by atoms with Gasteiger partial charge in [0.1, 0.15) is 11.3 Å². The molecule has 0 unspecified atom stereocenters. The Kier molecular flexibility index (Phi) is 6.34. The van der Waals surface area contributed by atoms with Crippen molar-refractivity contribution in [3.8, 4) is 34.3 Å². The molecule has 0 aliphatic rings. The van der Waals surface area contributed by atoms with E-state index >= 15 is 0 Å². The molecule has 0 aliphatic heterocycles. The molecule has 0 bridgehead atoms. The molecule has 0 saturated heterocycles. The molecule has 0 atom stereocenters. The molecule has 0 fully saturated rings. The van der Waals surface area contributed by atoms with Crippen LogP contribution in [0.15, 0.2) is 48.5 Å². The summed E-state index contributed by atoms with van der Waals surface area (Å²) in [5, 5.41) is 23.1. The van der Waals surface area contributed by atoms with E-state index in [1.54, 1.807) is 14.2 Å². The largest absolute Gasteiger partial charge is 0.478 e. The molecular weight excluding hydrogens is 444 g/mol. The number of aromatic nitrogens is 8. The number of benzene rings is 2. The molecule has 2 aromatic carbocycles. The van der Waals surface area contributed by atoms with Crippen molar-refractivity contribution in [2.24, 2.45) is 0 Å². The number of fused-ring (bicyclic) bond motifs is 1. The van der Waals surface area contributed by atoms with Crippen LogP contribution in [0.1, 0.15) is 31.2 Å². The fourth-order valence-corrected chi connectivity index (χ4v) is 4.30. The molecule has 1 N–H and O–H groups in total. The second-order valence-electron chi connectivity index (χ2n) is 8.07. The highest BCUT2D eigenvalue weighted by Crippen LogP contribution is 2.35. The third-order valence-corrected chi connectivity index (χ3v) is 5.97. The lowest BCUT2D eigenvalue weighted by atomic mass is 9.95. The van der Waals surface area contributed by atoms with E-state index in [9.17, 15) is 0 Å². The number of nitrogens with zero attached hydrogens (tertiary/aromatic N) is 7. The number of ether oxygens (including phenoxy) is 2. The number of hydrogen-bond acceptors (Lipinski definition) is 8. The van der Waals surface area contributed by atoms with E-state index in [1.165, 1.54) is 0 Å². The number of imidazole rings is 1. The van der Waals surface area contributed by atoms with Crippen molar-refractivity contribution >= 4 is 11.0 Å². The number of nitrogens with one attached hydrogen (secondary N) is 1. The average molecular weight is 471 g/mol. The number of hydrogen-bond donors (Lipinski definition) is 1. The number of unbranched alkanes of at least 4 members (excludes halogenated alkanes) is 1. The smallest absolute Gasteiger partial charge is 0.261 e. The number of aryl methyl sites for hydroxylation is 1. The van der Waals surface area contributed by atoms with E-state index in [0.717, 1.165) is 52.9 Å². The van der Waals surface area contributed by atoms with Crippen molar-refractivity contribution in [2.75, 3.05) is 14.2 Å². The van der Waals surface area contributed by atoms with Crippen molar-refractivity contribution in [3.63, 3.8) is 0 Å². The van der Waals surface area contributed by atoms with Gasteiger partial charge in [0.05, 0.1) is 20.8 Å². The Morgan fingerprint density at radius 1 is 0.857 bits per heavy atom. The summed E-state index contributed by atoms with van der Waals surface area (Å²) in [6.45, 7) is 2.74. The van der Waals surface area contributed by atoms with Gasteiger partial charge in [-0.25, -0.2) is 4.98 Å². The van der Waals surface area contributed by atoms with Crippen molar-refractivity contribution in [1.82, 2.24) is 40.4 Å². The van der Waals surface area contributed by atoms with Crippen LogP contribution in [0.4, 0.5) is 0 Å². The molecule has 35 heavy (non-hydrogen) atoms. The molecule has 10 heteroatoms. The molecule has 0 saturated carbocycles. The molecule has 0 aliphatic carbocycles. The van der Waals surface area contributed by atoms with Crippen molar-refractivity contribution in [3.05, 3.63) is 59.9 Å². The van der Waals surface area contributed by atoms with E-state index in [1.807, 2.05) is 30.3 Å². The van der Waals surface area contributed by atoms with Crippen LogP contribution in [-0.4, -0.2) is 54.6 Å². The van der Waals surface area contributed by atoms with Gasteiger partial charge >= 0.3 is 0 Å². The average Bonchev–Trinajstić information content (AvgIpc) is 3.56. The molecule has 0 amide bonds. The van der Waals surface area contributed by atoms with Crippen LogP contribution in [-0.2, 0) is 13.0 Å². The van der Waals surface area contributed by atoms with E-state index in [-0.39, 0.29) is 0 Å². The monoisotopic (exact) mass is 470 g/mol. The van der Waals surface area contributed by atoms with Gasteiger partial charge in [0.25, 0.3) is 11.8 Å². The summed E-state index contributed by atoms with van der Waals surface area (Å²) in [7, 11) is 3.17. The van der Waals surface area contributed by atoms with Gasteiger partial charge in [-0.2, -0.15) is 5.21 Å². The summed E-state index contributed by atoms with van der Waals surface area (Å²) in [6.07, 6.45) is 2.89. The topological polar surface area (TPSA) is 117 Å². The normalized spacial score (nSPS) is 11.2. The first-order chi connectivity index (χ1) is 17.2. The Labute approximate surface area is 202 Å². The first kappa shape index (κ1) is 22.5. The zero-order valence-electron chi connectivity index (χ0n) is 19.9. The van der Waals surface area contributed by atoms with Crippen LogP contribution in [0.3, 0.4) is 0 Å². The summed E-state index contributed by atoms with van der Waals surface area (Å²) in [6, 6.07) is 16.4. The van der Waals surface area contributed by atoms with Gasteiger partial charge in [0.2, 0.25) is 5.82 Å². The van der Waals surface area contributed by atoms with Gasteiger partial charge in [-0.3, -0.25) is 0 Å². The minimum atomic E-state index is 0.382. The van der Waals surface area contributed by atoms with Gasteiger partial charge in [0.15, 0.2) is 5.52 Å². The van der Waals surface area contributed by atoms with Crippen LogP contribution in [0.2, 0.25) is 0 Å². The van der Waals surface area contributed by atoms with Gasteiger partial charge in [-0.1, -0.05) is 61.9 Å². The molecule has 10 nitrogen and oxygen atoms in total. The summed E-state index contributed by atoms with van der Waals surface area (Å²) in [5.41, 5.74) is 5.53. The van der Waals surface area contributed by atoms with Crippen LogP contribution >= 0.6 is 0 Å². The summed E-state index contributed by atoms with van der Waals surface area (Å²) >= 11 is 0. The van der Waals surface area contributed by atoms with E-state index < -0.39 is 0 Å². The zero-order valence-corrected chi connectivity index (χ0v) is 19.9. The lowest BCUT2D eigenvalue weighted by molar-refractivity contribution is 0.374. The quantitative estimate of drug-likeness (QED) is 0.342. The number of aromatic amines is 1. The lowest BCUT2D eigenvalue weighted by Gasteiger charge is -2.16. The molecule has 5 aromatic rings. The first-order valence-corrected chi connectivity index (χ1v) is 11.5. The Hall–Kier alpha value is -4.34. The highest BCUT2D eigenvalue weighted by atomic mass is 16.5. The predicted octanol–water partition coefficient (Wildman–Crippen LogP) is 4.08. The van der Waals surface area contributed by atoms with Gasteiger partial charge < -0.3 is 14.0 Å². The van der Waals surface area contributed by atoms with Crippen molar-refractivity contribution in [1.29, 1.82) is 0 Å². The van der Waals surface area contributed by atoms with Gasteiger partial charge in [-0.15, -0.1) is 20.4 Å². The Bertz CT molecular complexity index is 1450. The second kappa shape index (κ2) is 9.88. The van der Waals surface area contributed by atoms with Gasteiger partial charge in [-0.05, 0) is 28.3 Å². The number of methoxy groups -OCH3 is 2. The minimum Gasteiger partial charge on any atom is -0.478 e. The van der Waals surface area contributed by atoms with E-state index in [4.69, 9.17) is 14.5 Å². The van der Waals surface area contributed by atoms with Gasteiger partial charge in [0, 0.05) is 12.0 Å². The van der Waals surface area contributed by atoms with Crippen LogP contribution in [0.5, 0.6) is 11.8 Å². The van der Waals surface area contributed by atoms with E-state index in [0.29, 0.717) is 29.6 Å². The van der Waals surface area contributed by atoms with Crippen LogP contribution < -0.4 is 9.47 Å². The fraction of sp³-hybridized carbons (Fsp3) is 0.280. The Balaban J connectivity index is 1.68. The Morgan fingerprint density at radius 3 is 2.29 bits per heavy atom. The standard InChI is InChI=1S/C25H26N8O2/c1-4-5-14-20-26-21-22(25(35-3)30-29-24(21)34-2)33(20)15-16-10-6-7-11-17(16)18-12-8-9-13-19(18)23-27-31-32-28-23/h6-13H,4-5,14-15H2,1-3H3,(H,27,28,31,32). The fourth-order valence-electron chi connectivity index (χ4n) is 4.30. The molecule has 178 valence electrons. The lowest BCUT2D eigenvalue weighted by Crippen LogP contribution is -2.08. The maximum Gasteiger partial charge on any atom is 0.261 e. The first-order valence-electron chi connectivity index (χ1n) is 11.5. The highest BCUT2D eigenvalue weighted by Gasteiger charge is 2.22. The maximum absolute atomic E-state index is 5.59. The van der Waals surface area contributed by atoms with E-state index in [2.05, 4.69) is 60.5 Å². The number of rotatable bonds is 9. The minimum absolute atomic E-state index is 0.382. The molecule has 0 radical (unpaired) electrons. The molecular formula is C25H26N8O2. The summed E-state index contributed by atoms with van der Waals surface area (Å²) in [4.78, 5) is 4.91.